The summed E-state index contributed by atoms with van der Waals surface area (Å²) in [5.74, 6) is 0. The van der Waals surface area contributed by atoms with Crippen molar-refractivity contribution in [3.8, 4) is 0 Å². The molecule has 0 aliphatic heterocycles. The van der Waals surface area contributed by atoms with Gasteiger partial charge in [-0.1, -0.05) is 19.1 Å². The third kappa shape index (κ3) is 2.12. The summed E-state index contributed by atoms with van der Waals surface area (Å²) in [6, 6.07) is 0. The quantitative estimate of drug-likeness (QED) is 0.562. The second-order valence-electron chi connectivity index (χ2n) is 4.83. The molecule has 1 rings (SSSR count). The summed E-state index contributed by atoms with van der Waals surface area (Å²) in [6.07, 6.45) is 4.47. The summed E-state index contributed by atoms with van der Waals surface area (Å²) in [4.78, 5) is 0. The average Bonchev–Trinajstić information content (AvgIpc) is 2.05. The van der Waals surface area contributed by atoms with Gasteiger partial charge in [-0.3, -0.25) is 0 Å². The average molecular weight is 184 g/mol. The van der Waals surface area contributed by atoms with Crippen LogP contribution in [0.5, 0.6) is 0 Å². The Morgan fingerprint density at radius 1 is 1.31 bits per heavy atom. The first-order valence-corrected chi connectivity index (χ1v) is 5.27. The maximum Gasteiger partial charge on any atom is 0.108 e. The molecule has 0 unspecified atom stereocenters. The molecule has 0 N–H and O–H groups in total. The standard InChI is InChI=1S/C12H21F/c1-5-12(10(2)3)8-6-11(4,13)7-9-12/h2,5-9H2,1,3-4H3. The van der Waals surface area contributed by atoms with Crippen molar-refractivity contribution in [3.63, 3.8) is 0 Å². The highest BCUT2D eigenvalue weighted by Crippen LogP contribution is 2.48. The number of allylic oxidation sites excluding steroid dienone is 1. The van der Waals surface area contributed by atoms with Gasteiger partial charge in [-0.05, 0) is 51.4 Å². The Morgan fingerprint density at radius 3 is 2.08 bits per heavy atom. The van der Waals surface area contributed by atoms with Gasteiger partial charge in [-0.15, -0.1) is 0 Å². The smallest absolute Gasteiger partial charge is 0.108 e. The van der Waals surface area contributed by atoms with Crippen LogP contribution in [0.4, 0.5) is 4.39 Å². The van der Waals surface area contributed by atoms with Crippen molar-refractivity contribution in [2.75, 3.05) is 0 Å². The van der Waals surface area contributed by atoms with Crippen LogP contribution in [0.15, 0.2) is 12.2 Å². The molecule has 0 atom stereocenters. The van der Waals surface area contributed by atoms with Crippen molar-refractivity contribution in [1.29, 1.82) is 0 Å². The normalized spacial score (nSPS) is 40.3. The molecule has 0 heterocycles. The summed E-state index contributed by atoms with van der Waals surface area (Å²) >= 11 is 0. The highest BCUT2D eigenvalue weighted by Gasteiger charge is 2.39. The van der Waals surface area contributed by atoms with E-state index in [2.05, 4.69) is 20.4 Å². The second-order valence-corrected chi connectivity index (χ2v) is 4.83. The molecule has 0 aromatic heterocycles. The van der Waals surface area contributed by atoms with Gasteiger partial charge >= 0.3 is 0 Å². The molecule has 0 spiro atoms. The Hall–Kier alpha value is -0.330. The van der Waals surface area contributed by atoms with Crippen molar-refractivity contribution in [3.05, 3.63) is 12.2 Å². The molecular weight excluding hydrogens is 163 g/mol. The van der Waals surface area contributed by atoms with Crippen LogP contribution in [0.3, 0.4) is 0 Å². The zero-order valence-corrected chi connectivity index (χ0v) is 9.12. The van der Waals surface area contributed by atoms with Gasteiger partial charge in [0.2, 0.25) is 0 Å². The number of alkyl halides is 1. The molecule has 1 saturated carbocycles. The Bertz CT molecular complexity index is 193. The van der Waals surface area contributed by atoms with E-state index in [1.165, 1.54) is 5.57 Å². The van der Waals surface area contributed by atoms with Gasteiger partial charge in [0, 0.05) is 0 Å². The summed E-state index contributed by atoms with van der Waals surface area (Å²) in [5, 5.41) is 0. The topological polar surface area (TPSA) is 0 Å². The predicted octanol–water partition coefficient (Wildman–Crippen LogP) is 4.26. The van der Waals surface area contributed by atoms with Gasteiger partial charge in [-0.25, -0.2) is 4.39 Å². The van der Waals surface area contributed by atoms with E-state index >= 15 is 0 Å². The second kappa shape index (κ2) is 3.43. The number of hydrogen-bond acceptors (Lipinski definition) is 0. The van der Waals surface area contributed by atoms with Gasteiger partial charge < -0.3 is 0 Å². The molecule has 0 radical (unpaired) electrons. The minimum Gasteiger partial charge on any atom is -0.244 e. The Kier molecular flexibility index (Phi) is 2.84. The Labute approximate surface area is 81.2 Å². The molecule has 0 saturated heterocycles. The third-order valence-corrected chi connectivity index (χ3v) is 3.83. The molecule has 0 aromatic rings. The van der Waals surface area contributed by atoms with E-state index in [0.717, 1.165) is 19.3 Å². The van der Waals surface area contributed by atoms with Crippen LogP contribution in [-0.2, 0) is 0 Å². The van der Waals surface area contributed by atoms with Gasteiger partial charge in [0.15, 0.2) is 0 Å². The zero-order valence-electron chi connectivity index (χ0n) is 9.12. The zero-order chi connectivity index (χ0) is 10.1. The van der Waals surface area contributed by atoms with E-state index in [1.807, 2.05) is 0 Å². The largest absolute Gasteiger partial charge is 0.244 e. The van der Waals surface area contributed by atoms with E-state index < -0.39 is 5.67 Å². The van der Waals surface area contributed by atoms with Crippen molar-refractivity contribution in [1.82, 2.24) is 0 Å². The molecule has 1 fully saturated rings. The molecule has 0 amide bonds. The lowest BCUT2D eigenvalue weighted by Gasteiger charge is -2.42. The minimum atomic E-state index is -0.922. The maximum atomic E-state index is 13.6. The maximum absolute atomic E-state index is 13.6. The van der Waals surface area contributed by atoms with E-state index in [9.17, 15) is 4.39 Å². The van der Waals surface area contributed by atoms with Crippen LogP contribution in [0.25, 0.3) is 0 Å². The molecule has 0 nitrogen and oxygen atoms in total. The molecule has 0 aromatic carbocycles. The van der Waals surface area contributed by atoms with E-state index in [4.69, 9.17) is 0 Å². The highest BCUT2D eigenvalue weighted by molar-refractivity contribution is 5.10. The lowest BCUT2D eigenvalue weighted by molar-refractivity contribution is 0.0685. The van der Waals surface area contributed by atoms with Gasteiger partial charge in [-0.2, -0.15) is 0 Å². The monoisotopic (exact) mass is 184 g/mol. The fourth-order valence-corrected chi connectivity index (χ4v) is 2.33. The van der Waals surface area contributed by atoms with E-state index in [0.29, 0.717) is 12.8 Å². The van der Waals surface area contributed by atoms with Gasteiger partial charge in [0.1, 0.15) is 5.67 Å². The minimum absolute atomic E-state index is 0.242. The van der Waals surface area contributed by atoms with Crippen LogP contribution in [0.2, 0.25) is 0 Å². The van der Waals surface area contributed by atoms with E-state index in [1.54, 1.807) is 6.92 Å². The molecule has 1 heteroatoms. The first kappa shape index (κ1) is 10.7. The molecule has 0 bridgehead atoms. The Balaban J connectivity index is 2.69. The van der Waals surface area contributed by atoms with E-state index in [-0.39, 0.29) is 5.41 Å². The van der Waals surface area contributed by atoms with Gasteiger partial charge in [0.25, 0.3) is 0 Å². The molecule has 13 heavy (non-hydrogen) atoms. The Morgan fingerprint density at radius 2 is 1.77 bits per heavy atom. The van der Waals surface area contributed by atoms with Crippen LogP contribution >= 0.6 is 0 Å². The summed E-state index contributed by atoms with van der Waals surface area (Å²) < 4.78 is 13.6. The molecular formula is C12H21F. The summed E-state index contributed by atoms with van der Waals surface area (Å²) in [6.45, 7) is 10.1. The lowest BCUT2D eigenvalue weighted by atomic mass is 9.65. The lowest BCUT2D eigenvalue weighted by Crippen LogP contribution is -2.34. The van der Waals surface area contributed by atoms with Crippen LogP contribution in [0, 0.1) is 5.41 Å². The fourth-order valence-electron chi connectivity index (χ4n) is 2.33. The van der Waals surface area contributed by atoms with Crippen molar-refractivity contribution < 1.29 is 4.39 Å². The first-order valence-electron chi connectivity index (χ1n) is 5.27. The fraction of sp³-hybridized carbons (Fsp3) is 0.833. The van der Waals surface area contributed by atoms with Crippen molar-refractivity contribution in [2.24, 2.45) is 5.41 Å². The molecule has 1 aliphatic carbocycles. The number of rotatable bonds is 2. The number of halogens is 1. The van der Waals surface area contributed by atoms with Crippen molar-refractivity contribution in [2.45, 2.75) is 58.5 Å². The summed E-state index contributed by atoms with van der Waals surface area (Å²) in [7, 11) is 0. The van der Waals surface area contributed by atoms with Gasteiger partial charge in [0.05, 0.1) is 0 Å². The van der Waals surface area contributed by atoms with Crippen molar-refractivity contribution >= 4 is 0 Å². The predicted molar refractivity (Wildman–Crippen MR) is 55.5 cm³/mol. The molecule has 76 valence electrons. The highest BCUT2D eigenvalue weighted by atomic mass is 19.1. The first-order chi connectivity index (χ1) is 5.92. The van der Waals surface area contributed by atoms with Crippen LogP contribution in [-0.4, -0.2) is 5.67 Å². The summed E-state index contributed by atoms with van der Waals surface area (Å²) in [5.41, 5.74) is 0.560. The molecule has 1 aliphatic rings. The van der Waals surface area contributed by atoms with Crippen LogP contribution in [0.1, 0.15) is 52.9 Å². The SMILES string of the molecule is C=C(C)C1(CC)CCC(C)(F)CC1. The third-order valence-electron chi connectivity index (χ3n) is 3.83. The van der Waals surface area contributed by atoms with Crippen LogP contribution < -0.4 is 0 Å². The number of hydrogen-bond donors (Lipinski definition) is 0.